The van der Waals surface area contributed by atoms with Crippen LogP contribution < -0.4 is 27.4 Å². The molecule has 0 radical (unpaired) electrons. The molecule has 21 heteroatoms. The number of aromatic nitrogens is 1. The van der Waals surface area contributed by atoms with Gasteiger partial charge in [0.2, 0.25) is 22.1 Å². The first kappa shape index (κ1) is 30.8. The predicted molar refractivity (Wildman–Crippen MR) is 150 cm³/mol. The van der Waals surface area contributed by atoms with Crippen LogP contribution in [-0.4, -0.2) is 110 Å². The summed E-state index contributed by atoms with van der Waals surface area (Å²) >= 11 is 1.00. The maximum absolute atomic E-state index is 13.9. The molecule has 1 aromatic heterocycles. The number of carboxylic acids is 1. The maximum atomic E-state index is 13.9. The molecule has 2 aromatic rings. The van der Waals surface area contributed by atoms with Crippen molar-refractivity contribution >= 4 is 75.2 Å². The van der Waals surface area contributed by atoms with E-state index in [0.717, 1.165) is 22.9 Å². The number of hydrogen-bond donors (Lipinski definition) is 6. The molecule has 0 aliphatic carbocycles. The molecule has 0 saturated carbocycles. The number of urea groups is 2. The fraction of sp³-hybridized carbons (Fsp3) is 0.435. The van der Waals surface area contributed by atoms with Crippen molar-refractivity contribution in [1.29, 1.82) is 0 Å². The SMILES string of the molecule is CC1(C)S[C@@H]2[C@@H](NC(=O)C(N)(NC(=O)N3CCN(S(C)(=O)=O)C3=O)c3ccc4nc(N)oc4c3)C(=O)N2[C@@]1(NC=O)C(=O)O. The summed E-state index contributed by atoms with van der Waals surface area (Å²) in [7, 11) is -4.00. The first-order chi connectivity index (χ1) is 20.4. The summed E-state index contributed by atoms with van der Waals surface area (Å²) in [6, 6.07) is -0.00894. The predicted octanol–water partition coefficient (Wildman–Crippen LogP) is -2.37. The minimum absolute atomic E-state index is 0.0718. The molecule has 19 nitrogen and oxygen atoms in total. The van der Waals surface area contributed by atoms with Crippen molar-refractivity contribution in [3.05, 3.63) is 23.8 Å². The number of carboxylic acid groups (broad SMARTS) is 1. The van der Waals surface area contributed by atoms with E-state index in [9.17, 15) is 42.3 Å². The number of nitrogens with zero attached hydrogens (tertiary/aromatic N) is 4. The number of anilines is 1. The number of nitrogens with one attached hydrogen (secondary N) is 3. The van der Waals surface area contributed by atoms with Crippen molar-refractivity contribution in [2.75, 3.05) is 25.1 Å². The highest BCUT2D eigenvalue weighted by Gasteiger charge is 2.73. The average Bonchev–Trinajstić information content (AvgIpc) is 3.56. The summed E-state index contributed by atoms with van der Waals surface area (Å²) in [5, 5.41) is 16.0. The number of nitrogens with two attached hydrogens (primary N) is 2. The number of rotatable bonds is 8. The molecule has 44 heavy (non-hydrogen) atoms. The number of amides is 7. The van der Waals surface area contributed by atoms with Gasteiger partial charge in [0.05, 0.1) is 24.1 Å². The number of carbonyl (C=O) groups is 6. The lowest BCUT2D eigenvalue weighted by atomic mass is 9.88. The Bertz CT molecular complexity index is 1750. The Morgan fingerprint density at radius 2 is 1.93 bits per heavy atom. The number of benzene rings is 1. The molecule has 4 heterocycles. The van der Waals surface area contributed by atoms with Gasteiger partial charge in [-0.1, -0.05) is 6.07 Å². The fourth-order valence-electron chi connectivity index (χ4n) is 5.45. The largest absolute Gasteiger partial charge is 0.478 e. The van der Waals surface area contributed by atoms with Gasteiger partial charge in [0.1, 0.15) is 16.9 Å². The zero-order valence-corrected chi connectivity index (χ0v) is 24.9. The van der Waals surface area contributed by atoms with Crippen molar-refractivity contribution in [2.24, 2.45) is 5.73 Å². The summed E-state index contributed by atoms with van der Waals surface area (Å²) < 4.78 is 28.4. The molecule has 236 valence electrons. The van der Waals surface area contributed by atoms with Crippen LogP contribution in [0, 0.1) is 0 Å². The van der Waals surface area contributed by atoms with Gasteiger partial charge in [-0.15, -0.1) is 11.8 Å². The number of fused-ring (bicyclic) bond motifs is 2. The minimum atomic E-state index is -4.00. The Labute approximate surface area is 252 Å². The van der Waals surface area contributed by atoms with Gasteiger partial charge in [-0.05, 0) is 26.0 Å². The topological polar surface area (TPSA) is 281 Å². The minimum Gasteiger partial charge on any atom is -0.478 e. The van der Waals surface area contributed by atoms with Gasteiger partial charge in [0.25, 0.3) is 17.8 Å². The fourth-order valence-corrected chi connectivity index (χ4v) is 7.96. The van der Waals surface area contributed by atoms with Gasteiger partial charge in [0, 0.05) is 5.56 Å². The van der Waals surface area contributed by atoms with Crippen LogP contribution in [0.25, 0.3) is 11.1 Å². The van der Waals surface area contributed by atoms with Crippen molar-refractivity contribution in [3.8, 4) is 0 Å². The molecule has 1 unspecified atom stereocenters. The highest BCUT2D eigenvalue weighted by molar-refractivity contribution is 8.01. The second-order valence-corrected chi connectivity index (χ2v) is 14.3. The third-order valence-electron chi connectivity index (χ3n) is 7.69. The van der Waals surface area contributed by atoms with Crippen LogP contribution in [0.1, 0.15) is 19.4 Å². The summed E-state index contributed by atoms with van der Waals surface area (Å²) in [4.78, 5) is 82.3. The van der Waals surface area contributed by atoms with Crippen LogP contribution in [-0.2, 0) is 34.9 Å². The monoisotopic (exact) mass is 653 g/mol. The maximum Gasteiger partial charge on any atom is 0.352 e. The van der Waals surface area contributed by atoms with Crippen LogP contribution in [0.15, 0.2) is 22.6 Å². The molecule has 0 spiro atoms. The molecule has 8 N–H and O–H groups in total. The number of thioether (sulfide) groups is 1. The molecule has 4 atom stereocenters. The summed E-state index contributed by atoms with van der Waals surface area (Å²) in [6.07, 6.45) is 0.950. The van der Waals surface area contributed by atoms with Crippen LogP contribution in [0.3, 0.4) is 0 Å². The second-order valence-electron chi connectivity index (χ2n) is 10.7. The molecule has 0 bridgehead atoms. The number of hydrogen-bond acceptors (Lipinski definition) is 13. The Morgan fingerprint density at radius 3 is 2.52 bits per heavy atom. The Balaban J connectivity index is 1.47. The van der Waals surface area contributed by atoms with Crippen molar-refractivity contribution in [1.82, 2.24) is 35.0 Å². The smallest absolute Gasteiger partial charge is 0.352 e. The van der Waals surface area contributed by atoms with Crippen LogP contribution in [0.4, 0.5) is 15.6 Å². The normalized spacial score (nSPS) is 25.7. The molecule has 3 aliphatic heterocycles. The quantitative estimate of drug-likeness (QED) is 0.0987. The molecule has 3 saturated heterocycles. The van der Waals surface area contributed by atoms with E-state index in [2.05, 4.69) is 20.9 Å². The van der Waals surface area contributed by atoms with Crippen LogP contribution in [0.2, 0.25) is 0 Å². The van der Waals surface area contributed by atoms with E-state index in [1.165, 1.54) is 32.0 Å². The lowest BCUT2D eigenvalue weighted by Crippen LogP contribution is -2.80. The van der Waals surface area contributed by atoms with Gasteiger partial charge in [0.15, 0.2) is 11.2 Å². The van der Waals surface area contributed by atoms with Crippen molar-refractivity contribution in [2.45, 2.75) is 41.3 Å². The van der Waals surface area contributed by atoms with Crippen molar-refractivity contribution in [3.63, 3.8) is 0 Å². The van der Waals surface area contributed by atoms with E-state index >= 15 is 0 Å². The molecule has 3 aliphatic rings. The summed E-state index contributed by atoms with van der Waals surface area (Å²) in [5.41, 5.74) is 7.72. The number of β-lactam (4-membered cyclic amide) rings is 1. The summed E-state index contributed by atoms with van der Waals surface area (Å²) in [5.74, 6) is -3.51. The molecule has 7 amide bonds. The molecule has 5 rings (SSSR count). The number of aliphatic carboxylic acids is 1. The number of imide groups is 1. The molecule has 1 aromatic carbocycles. The van der Waals surface area contributed by atoms with E-state index in [-0.39, 0.29) is 42.2 Å². The van der Waals surface area contributed by atoms with Crippen LogP contribution >= 0.6 is 11.8 Å². The average molecular weight is 654 g/mol. The van der Waals surface area contributed by atoms with E-state index in [0.29, 0.717) is 9.21 Å². The van der Waals surface area contributed by atoms with E-state index < -0.39 is 67.4 Å². The van der Waals surface area contributed by atoms with Crippen molar-refractivity contribution < 1.29 is 46.7 Å². The van der Waals surface area contributed by atoms with E-state index in [4.69, 9.17) is 15.9 Å². The molecular formula is C23H27N9O10S2. The summed E-state index contributed by atoms with van der Waals surface area (Å²) in [6.45, 7) is 2.33. The number of oxazole rings is 1. The lowest BCUT2D eigenvalue weighted by Gasteiger charge is -2.49. The highest BCUT2D eigenvalue weighted by Crippen LogP contribution is 2.55. The van der Waals surface area contributed by atoms with Gasteiger partial charge >= 0.3 is 18.0 Å². The Morgan fingerprint density at radius 1 is 1.25 bits per heavy atom. The van der Waals surface area contributed by atoms with Gasteiger partial charge in [-0.25, -0.2) is 32.0 Å². The third kappa shape index (κ3) is 4.37. The number of sulfonamides is 1. The third-order valence-corrected chi connectivity index (χ3v) is 10.4. The number of carbonyl (C=O) groups excluding carboxylic acids is 5. The zero-order valence-electron chi connectivity index (χ0n) is 23.3. The van der Waals surface area contributed by atoms with Gasteiger partial charge in [-0.2, -0.15) is 4.98 Å². The van der Waals surface area contributed by atoms with E-state index in [1.54, 1.807) is 0 Å². The number of nitrogen functional groups attached to an aromatic ring is 1. The van der Waals surface area contributed by atoms with E-state index in [1.807, 2.05) is 0 Å². The highest BCUT2D eigenvalue weighted by atomic mass is 32.2. The lowest BCUT2D eigenvalue weighted by molar-refractivity contribution is -0.175. The Kier molecular flexibility index (Phi) is 6.97. The van der Waals surface area contributed by atoms with Crippen LogP contribution in [0.5, 0.6) is 0 Å². The molecule has 3 fully saturated rings. The molecular weight excluding hydrogens is 626 g/mol. The standard InChI is InChI=1S/C23H27N9O10S2/c1-21(2)23(17(36)37,26-9-33)32-14(34)13(15(32)43-21)28-16(35)22(25,10-4-5-11-12(8-10)42-18(24)27-11)29-19(38)30-6-7-31(20(30)39)44(3,40)41/h4-5,8-9,13,15H,6-7,25H2,1-3H3,(H2,24,27)(H,26,33)(H,28,35)(H,29,38)(H,36,37)/t13-,15+,22?,23-/m0/s1. The van der Waals surface area contributed by atoms with Gasteiger partial charge < -0.3 is 31.2 Å². The Hall–Kier alpha value is -4.63. The first-order valence-electron chi connectivity index (χ1n) is 12.7. The second kappa shape index (κ2) is 9.95. The zero-order chi connectivity index (χ0) is 32.6. The van der Waals surface area contributed by atoms with Gasteiger partial charge in [-0.3, -0.25) is 25.0 Å². The first-order valence-corrected chi connectivity index (χ1v) is 15.5.